The molecule has 0 radical (unpaired) electrons. The van der Waals surface area contributed by atoms with Gasteiger partial charge < -0.3 is 4.42 Å². The molecule has 1 atom stereocenters. The summed E-state index contributed by atoms with van der Waals surface area (Å²) in [6.45, 7) is 12.2. The Labute approximate surface area is 310 Å². The summed E-state index contributed by atoms with van der Waals surface area (Å²) in [6, 6.07) is 49.3. The first kappa shape index (κ1) is 30.8. The quantitative estimate of drug-likeness (QED) is 0.132. The second-order valence-corrected chi connectivity index (χ2v) is 21.5. The first-order valence-corrected chi connectivity index (χ1v) is 22.5. The van der Waals surface area contributed by atoms with Gasteiger partial charge in [-0.25, -0.2) is 0 Å². The summed E-state index contributed by atoms with van der Waals surface area (Å²) >= 11 is 0. The van der Waals surface area contributed by atoms with Crippen LogP contribution in [0, 0.1) is 5.92 Å². The minimum absolute atomic E-state index is 0.561. The Bertz CT molecular complexity index is 3000. The number of fused-ring (bicyclic) bond motifs is 18. The van der Waals surface area contributed by atoms with Crippen LogP contribution in [0.2, 0.25) is 19.6 Å². The van der Waals surface area contributed by atoms with E-state index in [1.165, 1.54) is 54.9 Å². The lowest BCUT2D eigenvalue weighted by Gasteiger charge is -2.24. The van der Waals surface area contributed by atoms with Crippen LogP contribution < -0.4 is 14.3 Å². The van der Waals surface area contributed by atoms with Gasteiger partial charge >= 0.3 is 11.5 Å². The van der Waals surface area contributed by atoms with E-state index in [0.717, 1.165) is 45.4 Å². The highest BCUT2D eigenvalue weighted by atomic mass is 28.3. The molecule has 1 unspecified atom stereocenters. The van der Waals surface area contributed by atoms with E-state index >= 15 is 0 Å². The maximum Gasteiger partial charge on any atom is 0.364 e. The van der Waals surface area contributed by atoms with Crippen LogP contribution >= 0.6 is 0 Å². The predicted octanol–water partition coefficient (Wildman–Crippen LogP) is 10.3. The van der Waals surface area contributed by atoms with Gasteiger partial charge in [-0.1, -0.05) is 100 Å². The summed E-state index contributed by atoms with van der Waals surface area (Å²) in [6.07, 6.45) is 3.64. The van der Waals surface area contributed by atoms with Crippen LogP contribution in [0.15, 0.2) is 144 Å². The second kappa shape index (κ2) is 10.6. The molecule has 4 nitrogen and oxygen atoms in total. The number of aromatic nitrogens is 3. The van der Waals surface area contributed by atoms with Gasteiger partial charge in [-0.3, -0.25) is 0 Å². The number of benzene rings is 6. The van der Waals surface area contributed by atoms with Crippen LogP contribution in [-0.2, 0) is 12.1 Å². The zero-order valence-electron chi connectivity index (χ0n) is 30.8. The lowest BCUT2D eigenvalue weighted by Crippen LogP contribution is -2.72. The number of pyridine rings is 1. The average molecular weight is 704 g/mol. The van der Waals surface area contributed by atoms with Crippen molar-refractivity contribution >= 4 is 57.0 Å². The van der Waals surface area contributed by atoms with Crippen molar-refractivity contribution in [3.63, 3.8) is 0 Å². The van der Waals surface area contributed by atoms with Crippen molar-refractivity contribution in [1.29, 1.82) is 0 Å². The Hall–Kier alpha value is -5.78. The molecule has 2 aliphatic rings. The van der Waals surface area contributed by atoms with E-state index in [2.05, 4.69) is 187 Å². The summed E-state index contributed by atoms with van der Waals surface area (Å²) in [4.78, 5) is 0. The van der Waals surface area contributed by atoms with Gasteiger partial charge in [0.05, 0.1) is 24.8 Å². The van der Waals surface area contributed by atoms with E-state index in [1.807, 2.05) is 0 Å². The molecule has 3 aromatic heterocycles. The van der Waals surface area contributed by atoms with Crippen LogP contribution in [0.1, 0.15) is 30.5 Å². The van der Waals surface area contributed by atoms with Gasteiger partial charge in [0.1, 0.15) is 16.8 Å². The lowest BCUT2D eigenvalue weighted by molar-refractivity contribution is -0.944. The minimum atomic E-state index is -1.80. The van der Waals surface area contributed by atoms with Crippen LogP contribution in [0.25, 0.3) is 72.1 Å². The zero-order valence-corrected chi connectivity index (χ0v) is 31.8. The van der Waals surface area contributed by atoms with E-state index in [9.17, 15) is 0 Å². The topological polar surface area (TPSA) is 25.8 Å². The van der Waals surface area contributed by atoms with E-state index in [-0.39, 0.29) is 0 Å². The normalized spacial score (nSPS) is 16.0. The fourth-order valence-corrected chi connectivity index (χ4v) is 11.4. The number of hydrogen-bond acceptors (Lipinski definition) is 1. The number of rotatable bonds is 4. The van der Waals surface area contributed by atoms with Gasteiger partial charge in [0.2, 0.25) is 5.69 Å². The lowest BCUT2D eigenvalue weighted by atomic mass is 9.88. The molecule has 5 heterocycles. The van der Waals surface area contributed by atoms with Crippen molar-refractivity contribution < 1.29 is 13.6 Å². The third-order valence-electron chi connectivity index (χ3n) is 11.8. The maximum atomic E-state index is 7.02. The second-order valence-electron chi connectivity index (χ2n) is 16.5. The molecule has 11 rings (SSSR count). The van der Waals surface area contributed by atoms with Crippen LogP contribution in [0.4, 0.5) is 0 Å². The van der Waals surface area contributed by atoms with Crippen LogP contribution in [0.3, 0.4) is 0 Å². The van der Waals surface area contributed by atoms with E-state index < -0.39 is 13.7 Å². The summed E-state index contributed by atoms with van der Waals surface area (Å²) in [5.74, 6) is 1.70. The van der Waals surface area contributed by atoms with Crippen molar-refractivity contribution in [3.05, 3.63) is 156 Å². The highest BCUT2D eigenvalue weighted by Gasteiger charge is 2.67. The largest absolute Gasteiger partial charge is 0.455 e. The Kier molecular flexibility index (Phi) is 6.19. The summed E-state index contributed by atoms with van der Waals surface area (Å²) in [5, 5.41) is 6.27. The van der Waals surface area contributed by atoms with Crippen molar-refractivity contribution in [2.45, 2.75) is 45.6 Å². The van der Waals surface area contributed by atoms with Crippen molar-refractivity contribution in [1.82, 2.24) is 4.57 Å². The van der Waals surface area contributed by atoms with E-state index in [4.69, 9.17) is 4.42 Å². The molecule has 6 aromatic carbocycles. The molecule has 0 fully saturated rings. The molecule has 2 aliphatic heterocycles. The highest BCUT2D eigenvalue weighted by Crippen LogP contribution is 2.52. The molecule has 0 amide bonds. The van der Waals surface area contributed by atoms with Crippen molar-refractivity contribution in [2.75, 3.05) is 0 Å². The third kappa shape index (κ3) is 3.95. The Morgan fingerprint density at radius 1 is 0.717 bits per heavy atom. The molecular weight excluding hydrogens is 663 g/mol. The van der Waals surface area contributed by atoms with E-state index in [0.29, 0.717) is 5.92 Å². The van der Waals surface area contributed by atoms with Gasteiger partial charge in [0, 0.05) is 27.4 Å². The number of hydrogen-bond donors (Lipinski definition) is 0. The molecule has 0 saturated heterocycles. The Balaban J connectivity index is 1.42. The standard InChI is InChI=1S/C48H41N3OSi/c1-30(2)27-32-28-41-37-20-11-13-21-38(37)48(49(41)29-43(32)53(3,4)5)39-25-24-36-35-19-12-14-22-42(35)52-46(36)44(39)47-50(33-16-7-6-8-17-33)45-34-18-10-9-15-31(34)23-26-40(45)51(47)48/h6-26,28-30H,27H2,1-5H3/q+2. The maximum absolute atomic E-state index is 7.02. The van der Waals surface area contributed by atoms with Gasteiger partial charge in [0.15, 0.2) is 22.8 Å². The molecule has 53 heavy (non-hydrogen) atoms. The monoisotopic (exact) mass is 703 g/mol. The first-order valence-electron chi connectivity index (χ1n) is 19.0. The fourth-order valence-electron chi connectivity index (χ4n) is 9.78. The van der Waals surface area contributed by atoms with Gasteiger partial charge in [-0.2, -0.15) is 4.57 Å². The average Bonchev–Trinajstić information content (AvgIpc) is 3.87. The van der Waals surface area contributed by atoms with E-state index in [1.54, 1.807) is 0 Å². The first-order chi connectivity index (χ1) is 25.8. The summed E-state index contributed by atoms with van der Waals surface area (Å²) < 4.78 is 14.9. The molecule has 256 valence electrons. The zero-order chi connectivity index (χ0) is 35.8. The summed E-state index contributed by atoms with van der Waals surface area (Å²) in [5.41, 5.74) is 12.4. The summed E-state index contributed by atoms with van der Waals surface area (Å²) in [7, 11) is -1.80. The Morgan fingerprint density at radius 3 is 2.26 bits per heavy atom. The fraction of sp³-hybridized carbons (Fsp3) is 0.167. The minimum Gasteiger partial charge on any atom is -0.455 e. The molecule has 1 spiro atoms. The Morgan fingerprint density at radius 2 is 1.45 bits per heavy atom. The third-order valence-corrected chi connectivity index (χ3v) is 13.9. The van der Waals surface area contributed by atoms with Gasteiger partial charge in [0.25, 0.3) is 0 Å². The molecule has 9 aromatic rings. The molecule has 0 bridgehead atoms. The molecular formula is C48H41N3OSi+2. The highest BCUT2D eigenvalue weighted by molar-refractivity contribution is 6.89. The van der Waals surface area contributed by atoms with Crippen LogP contribution in [0.5, 0.6) is 0 Å². The number of para-hydroxylation sites is 2. The van der Waals surface area contributed by atoms with Gasteiger partial charge in [-0.05, 0) is 84.0 Å². The van der Waals surface area contributed by atoms with Gasteiger partial charge in [-0.15, -0.1) is 9.13 Å². The SMILES string of the molecule is CC(C)Cc1cc2[n+](cc1[Si](C)(C)C)C1(c3ccccc3-2)c2ccc3c(oc4ccccc43)c2-c2n(-c3ccccc3)c3c4ccccc4ccc3[n+]21. The van der Waals surface area contributed by atoms with Crippen LogP contribution in [-0.4, -0.2) is 12.6 Å². The smallest absolute Gasteiger partial charge is 0.364 e. The molecule has 0 aliphatic carbocycles. The van der Waals surface area contributed by atoms with Crippen molar-refractivity contribution in [3.8, 4) is 28.3 Å². The number of furan rings is 1. The van der Waals surface area contributed by atoms with Crippen molar-refractivity contribution in [2.24, 2.45) is 5.92 Å². The predicted molar refractivity (Wildman–Crippen MR) is 219 cm³/mol. The number of imidazole rings is 1. The molecule has 0 saturated carbocycles. The molecule has 0 N–H and O–H groups in total. The molecule has 5 heteroatoms. The number of nitrogens with zero attached hydrogens (tertiary/aromatic N) is 3.